The average Bonchev–Trinajstić information content (AvgIpc) is 2.66. The number of Topliss-reactive ketones (excluding diaryl/α,β-unsaturated/α-hetero) is 1. The molecule has 146 valence electrons. The molecule has 2 rings (SSSR count). The fourth-order valence-corrected chi connectivity index (χ4v) is 2.39. The lowest BCUT2D eigenvalue weighted by atomic mass is 10.1. The molecule has 0 aliphatic rings. The minimum Gasteiger partial charge on any atom is -0.457 e. The van der Waals surface area contributed by atoms with E-state index in [-0.39, 0.29) is 30.1 Å². The van der Waals surface area contributed by atoms with Crippen LogP contribution < -0.4 is 5.32 Å². The number of ketones is 1. The minimum absolute atomic E-state index is 0.0322. The second-order valence-corrected chi connectivity index (χ2v) is 6.29. The molecule has 0 unspecified atom stereocenters. The van der Waals surface area contributed by atoms with Crippen molar-refractivity contribution in [2.45, 2.75) is 13.3 Å². The minimum atomic E-state index is -0.675. The van der Waals surface area contributed by atoms with Crippen molar-refractivity contribution in [1.29, 1.82) is 0 Å². The molecule has 2 aromatic carbocycles. The van der Waals surface area contributed by atoms with Gasteiger partial charge in [0.2, 0.25) is 5.78 Å². The van der Waals surface area contributed by atoms with Crippen molar-refractivity contribution in [2.24, 2.45) is 0 Å². The number of hydrogen-bond donors (Lipinski definition) is 1. The Hall–Kier alpha value is -3.26. The number of nitro groups is 1. The van der Waals surface area contributed by atoms with Crippen LogP contribution in [0.15, 0.2) is 42.5 Å². The Morgan fingerprint density at radius 2 is 1.75 bits per heavy atom. The van der Waals surface area contributed by atoms with Crippen molar-refractivity contribution in [3.63, 3.8) is 0 Å². The summed E-state index contributed by atoms with van der Waals surface area (Å²) >= 11 is 5.74. The Morgan fingerprint density at radius 3 is 2.39 bits per heavy atom. The zero-order valence-corrected chi connectivity index (χ0v) is 15.7. The van der Waals surface area contributed by atoms with Gasteiger partial charge in [0.25, 0.3) is 11.6 Å². The SMILES string of the molecule is Cc1ccc(C(=O)COC(=O)CCNC(=O)c2ccc(Cl)cc2)cc1[N+](=O)[O-]. The normalized spacial score (nSPS) is 10.2. The first-order valence-electron chi connectivity index (χ1n) is 8.25. The van der Waals surface area contributed by atoms with Gasteiger partial charge in [-0.15, -0.1) is 0 Å². The van der Waals surface area contributed by atoms with Gasteiger partial charge in [-0.2, -0.15) is 0 Å². The van der Waals surface area contributed by atoms with Crippen LogP contribution in [0.2, 0.25) is 5.02 Å². The first kappa shape index (κ1) is 21.0. The summed E-state index contributed by atoms with van der Waals surface area (Å²) in [6.07, 6.45) is -0.124. The smallest absolute Gasteiger partial charge is 0.308 e. The topological polar surface area (TPSA) is 116 Å². The van der Waals surface area contributed by atoms with Gasteiger partial charge in [-0.3, -0.25) is 24.5 Å². The molecular weight excluding hydrogens is 388 g/mol. The van der Waals surface area contributed by atoms with Gasteiger partial charge in [-0.05, 0) is 31.2 Å². The number of carbonyl (C=O) groups is 3. The molecule has 0 heterocycles. The fraction of sp³-hybridized carbons (Fsp3) is 0.211. The number of nitrogens with one attached hydrogen (secondary N) is 1. The molecule has 9 heteroatoms. The molecule has 0 saturated carbocycles. The van der Waals surface area contributed by atoms with E-state index in [9.17, 15) is 24.5 Å². The summed E-state index contributed by atoms with van der Waals surface area (Å²) in [6.45, 7) is 1.05. The third-order valence-corrected chi connectivity index (χ3v) is 4.07. The number of hydrogen-bond acceptors (Lipinski definition) is 6. The van der Waals surface area contributed by atoms with E-state index in [2.05, 4.69) is 5.32 Å². The molecule has 0 aromatic heterocycles. The Labute approximate surface area is 165 Å². The number of rotatable bonds is 8. The standard InChI is InChI=1S/C19H17ClN2O6/c1-12-2-3-14(10-16(12)22(26)27)17(23)11-28-18(24)8-9-21-19(25)13-4-6-15(20)7-5-13/h2-7,10H,8-9,11H2,1H3,(H,21,25). The predicted octanol–water partition coefficient (Wildman–Crippen LogP) is 3.10. The fourth-order valence-electron chi connectivity index (χ4n) is 2.26. The molecule has 1 amide bonds. The molecule has 0 bridgehead atoms. The molecule has 8 nitrogen and oxygen atoms in total. The van der Waals surface area contributed by atoms with Crippen molar-refractivity contribution < 1.29 is 24.0 Å². The average molecular weight is 405 g/mol. The van der Waals surface area contributed by atoms with Gasteiger partial charge in [-0.25, -0.2) is 0 Å². The Balaban J connectivity index is 1.78. The maximum atomic E-state index is 12.0. The molecule has 0 radical (unpaired) electrons. The van der Waals surface area contributed by atoms with Crippen molar-refractivity contribution in [3.05, 3.63) is 74.3 Å². The summed E-state index contributed by atoms with van der Waals surface area (Å²) in [4.78, 5) is 46.0. The molecule has 0 saturated heterocycles. The van der Waals surface area contributed by atoms with E-state index < -0.39 is 23.3 Å². The van der Waals surface area contributed by atoms with E-state index in [0.29, 0.717) is 16.1 Å². The zero-order valence-electron chi connectivity index (χ0n) is 14.9. The third-order valence-electron chi connectivity index (χ3n) is 3.81. The number of aryl methyl sites for hydroxylation is 1. The van der Waals surface area contributed by atoms with Gasteiger partial charge < -0.3 is 10.1 Å². The van der Waals surface area contributed by atoms with Crippen molar-refractivity contribution in [3.8, 4) is 0 Å². The number of benzene rings is 2. The molecule has 0 fully saturated rings. The number of nitro benzene ring substituents is 1. The van der Waals surface area contributed by atoms with Crippen LogP contribution in [-0.2, 0) is 9.53 Å². The molecule has 0 aliphatic carbocycles. The molecule has 1 N–H and O–H groups in total. The van der Waals surface area contributed by atoms with Crippen LogP contribution in [-0.4, -0.2) is 35.7 Å². The lowest BCUT2D eigenvalue weighted by Gasteiger charge is -2.07. The number of esters is 1. The quantitative estimate of drug-likeness (QED) is 0.313. The zero-order chi connectivity index (χ0) is 20.7. The third kappa shape index (κ3) is 5.88. The van der Waals surface area contributed by atoms with Gasteiger partial charge in [0.15, 0.2) is 6.61 Å². The van der Waals surface area contributed by atoms with Crippen LogP contribution >= 0.6 is 11.6 Å². The lowest BCUT2D eigenvalue weighted by molar-refractivity contribution is -0.385. The number of halogens is 1. The van der Waals surface area contributed by atoms with E-state index in [1.165, 1.54) is 12.1 Å². The highest BCUT2D eigenvalue weighted by Crippen LogP contribution is 2.19. The van der Waals surface area contributed by atoms with Crippen molar-refractivity contribution in [1.82, 2.24) is 5.32 Å². The van der Waals surface area contributed by atoms with Crippen molar-refractivity contribution >= 4 is 34.9 Å². The van der Waals surface area contributed by atoms with Gasteiger partial charge >= 0.3 is 5.97 Å². The maximum Gasteiger partial charge on any atom is 0.308 e. The summed E-state index contributed by atoms with van der Waals surface area (Å²) in [5.74, 6) is -1.60. The molecule has 2 aromatic rings. The first-order valence-corrected chi connectivity index (χ1v) is 8.63. The summed E-state index contributed by atoms with van der Waals surface area (Å²) < 4.78 is 4.86. The number of ether oxygens (including phenoxy) is 1. The van der Waals surface area contributed by atoms with Crippen LogP contribution in [0.5, 0.6) is 0 Å². The highest BCUT2D eigenvalue weighted by atomic mass is 35.5. The second kappa shape index (κ2) is 9.61. The number of amides is 1. The van der Waals surface area contributed by atoms with E-state index in [0.717, 1.165) is 6.07 Å². The summed E-state index contributed by atoms with van der Waals surface area (Å²) in [6, 6.07) is 10.3. The van der Waals surface area contributed by atoms with Crippen LogP contribution in [0.1, 0.15) is 32.7 Å². The molecule has 0 atom stereocenters. The van der Waals surface area contributed by atoms with E-state index in [1.54, 1.807) is 31.2 Å². The van der Waals surface area contributed by atoms with Crippen LogP contribution in [0.25, 0.3) is 0 Å². The van der Waals surface area contributed by atoms with Crippen molar-refractivity contribution in [2.75, 3.05) is 13.2 Å². The Morgan fingerprint density at radius 1 is 1.11 bits per heavy atom. The highest BCUT2D eigenvalue weighted by Gasteiger charge is 2.16. The highest BCUT2D eigenvalue weighted by molar-refractivity contribution is 6.30. The monoisotopic (exact) mass is 404 g/mol. The maximum absolute atomic E-state index is 12.0. The van der Waals surface area contributed by atoms with Crippen LogP contribution in [0.3, 0.4) is 0 Å². The lowest BCUT2D eigenvalue weighted by Crippen LogP contribution is -2.27. The van der Waals surface area contributed by atoms with Gasteiger partial charge in [0.1, 0.15) is 0 Å². The number of nitrogens with zero attached hydrogens (tertiary/aromatic N) is 1. The Bertz CT molecular complexity index is 911. The predicted molar refractivity (Wildman–Crippen MR) is 102 cm³/mol. The summed E-state index contributed by atoms with van der Waals surface area (Å²) in [5, 5.41) is 14.0. The molecule has 0 spiro atoms. The van der Waals surface area contributed by atoms with Crippen LogP contribution in [0, 0.1) is 17.0 Å². The Kier molecular flexibility index (Phi) is 7.22. The molecular formula is C19H17ClN2O6. The van der Waals surface area contributed by atoms with Gasteiger partial charge in [-0.1, -0.05) is 23.7 Å². The molecule has 28 heavy (non-hydrogen) atoms. The van der Waals surface area contributed by atoms with E-state index >= 15 is 0 Å². The van der Waals surface area contributed by atoms with Crippen LogP contribution in [0.4, 0.5) is 5.69 Å². The number of carbonyl (C=O) groups excluding carboxylic acids is 3. The van der Waals surface area contributed by atoms with E-state index in [4.69, 9.17) is 16.3 Å². The largest absolute Gasteiger partial charge is 0.457 e. The second-order valence-electron chi connectivity index (χ2n) is 5.86. The van der Waals surface area contributed by atoms with E-state index in [1.807, 2.05) is 0 Å². The molecule has 0 aliphatic heterocycles. The summed E-state index contributed by atoms with van der Waals surface area (Å²) in [7, 11) is 0. The van der Waals surface area contributed by atoms with Gasteiger partial charge in [0.05, 0.1) is 11.3 Å². The van der Waals surface area contributed by atoms with Gasteiger partial charge in [0, 0.05) is 34.3 Å². The summed E-state index contributed by atoms with van der Waals surface area (Å²) in [5.41, 5.74) is 0.729. The first-order chi connectivity index (χ1) is 13.3.